The van der Waals surface area contributed by atoms with Crippen LogP contribution in [0.25, 0.3) is 0 Å². The minimum atomic E-state index is 0.375. The van der Waals surface area contributed by atoms with Gasteiger partial charge in [-0.25, -0.2) is 9.97 Å². The smallest absolute Gasteiger partial charge is 0.144 e. The summed E-state index contributed by atoms with van der Waals surface area (Å²) in [6.45, 7) is 10.5. The molecule has 0 fully saturated rings. The highest BCUT2D eigenvalue weighted by Crippen LogP contribution is 2.10. The number of nitrogens with zero attached hydrogens (tertiary/aromatic N) is 4. The van der Waals surface area contributed by atoms with E-state index < -0.39 is 0 Å². The quantitative estimate of drug-likeness (QED) is 0.816. The van der Waals surface area contributed by atoms with Gasteiger partial charge in [-0.3, -0.25) is 4.90 Å². The second-order valence-electron chi connectivity index (χ2n) is 4.81. The number of rotatable bonds is 7. The lowest BCUT2D eigenvalue weighted by Crippen LogP contribution is -2.32. The second-order valence-corrected chi connectivity index (χ2v) is 4.81. The zero-order valence-corrected chi connectivity index (χ0v) is 12.3. The van der Waals surface area contributed by atoms with E-state index in [1.807, 2.05) is 19.9 Å². The van der Waals surface area contributed by atoms with Gasteiger partial charge < -0.3 is 5.32 Å². The number of nitriles is 1. The van der Waals surface area contributed by atoms with E-state index in [4.69, 9.17) is 5.26 Å². The third-order valence-electron chi connectivity index (χ3n) is 2.84. The van der Waals surface area contributed by atoms with Crippen LogP contribution in [0.2, 0.25) is 0 Å². The van der Waals surface area contributed by atoms with Crippen molar-refractivity contribution in [1.82, 2.24) is 14.9 Å². The maximum absolute atomic E-state index is 8.70. The van der Waals surface area contributed by atoms with Gasteiger partial charge in [-0.1, -0.05) is 0 Å². The lowest BCUT2D eigenvalue weighted by Gasteiger charge is -2.24. The molecule has 0 saturated carbocycles. The summed E-state index contributed by atoms with van der Waals surface area (Å²) in [6.07, 6.45) is 0.532. The topological polar surface area (TPSA) is 64.8 Å². The van der Waals surface area contributed by atoms with Crippen LogP contribution in [0.15, 0.2) is 6.07 Å². The van der Waals surface area contributed by atoms with Crippen molar-refractivity contribution < 1.29 is 0 Å². The van der Waals surface area contributed by atoms with Crippen molar-refractivity contribution in [1.29, 1.82) is 5.26 Å². The van der Waals surface area contributed by atoms with Crippen molar-refractivity contribution in [2.24, 2.45) is 0 Å². The average Bonchev–Trinajstić information content (AvgIpc) is 2.33. The summed E-state index contributed by atoms with van der Waals surface area (Å²) in [5.74, 6) is 1.68. The van der Waals surface area contributed by atoms with E-state index in [2.05, 4.69) is 40.1 Å². The Morgan fingerprint density at radius 3 is 2.74 bits per heavy atom. The number of hydrogen-bond donors (Lipinski definition) is 1. The lowest BCUT2D eigenvalue weighted by molar-refractivity contribution is 0.212. The minimum absolute atomic E-state index is 0.375. The summed E-state index contributed by atoms with van der Waals surface area (Å²) in [7, 11) is 0. The molecular weight excluding hydrogens is 238 g/mol. The SMILES string of the molecule is CCNc1cc(C)nc(CN(CCC#N)C(C)C)n1. The first-order valence-corrected chi connectivity index (χ1v) is 6.76. The fraction of sp³-hybridized carbons (Fsp3) is 0.643. The van der Waals surface area contributed by atoms with Crippen molar-refractivity contribution >= 4 is 5.82 Å². The predicted octanol–water partition coefficient (Wildman–Crippen LogP) is 2.34. The van der Waals surface area contributed by atoms with Gasteiger partial charge in [0.15, 0.2) is 0 Å². The standard InChI is InChI=1S/C14H23N5/c1-5-16-13-9-12(4)17-14(18-13)10-19(11(2)3)8-6-7-15/h9,11H,5-6,8,10H2,1-4H3,(H,16,17,18). The zero-order chi connectivity index (χ0) is 14.3. The van der Waals surface area contributed by atoms with Crippen molar-refractivity contribution in [2.75, 3.05) is 18.4 Å². The van der Waals surface area contributed by atoms with Crippen LogP contribution < -0.4 is 5.32 Å². The molecule has 1 aromatic rings. The molecule has 1 rings (SSSR count). The van der Waals surface area contributed by atoms with E-state index in [1.54, 1.807) is 0 Å². The van der Waals surface area contributed by atoms with E-state index in [-0.39, 0.29) is 0 Å². The van der Waals surface area contributed by atoms with Gasteiger partial charge in [0.2, 0.25) is 0 Å². The molecular formula is C14H23N5. The van der Waals surface area contributed by atoms with Crippen LogP contribution >= 0.6 is 0 Å². The van der Waals surface area contributed by atoms with Crippen molar-refractivity contribution in [3.63, 3.8) is 0 Å². The normalized spacial score (nSPS) is 10.8. The van der Waals surface area contributed by atoms with Crippen LogP contribution in [-0.2, 0) is 6.54 Å². The molecule has 0 aliphatic heterocycles. The van der Waals surface area contributed by atoms with E-state index in [9.17, 15) is 0 Å². The third-order valence-corrected chi connectivity index (χ3v) is 2.84. The summed E-state index contributed by atoms with van der Waals surface area (Å²) in [5.41, 5.74) is 0.963. The Balaban J connectivity index is 2.80. The van der Waals surface area contributed by atoms with Gasteiger partial charge in [0.25, 0.3) is 0 Å². The Kier molecular flexibility index (Phi) is 6.23. The second kappa shape index (κ2) is 7.70. The maximum Gasteiger partial charge on any atom is 0.144 e. The van der Waals surface area contributed by atoms with Crippen LogP contribution in [0.1, 0.15) is 38.7 Å². The average molecular weight is 261 g/mol. The Labute approximate surface area is 115 Å². The lowest BCUT2D eigenvalue weighted by atomic mass is 10.3. The molecule has 1 aromatic heterocycles. The summed E-state index contributed by atoms with van der Waals surface area (Å²) in [6, 6.07) is 4.51. The number of nitrogens with one attached hydrogen (secondary N) is 1. The molecule has 5 heteroatoms. The summed E-state index contributed by atoms with van der Waals surface area (Å²) in [4.78, 5) is 11.2. The number of anilines is 1. The van der Waals surface area contributed by atoms with E-state index >= 15 is 0 Å². The molecule has 0 bridgehead atoms. The molecule has 5 nitrogen and oxygen atoms in total. The molecule has 19 heavy (non-hydrogen) atoms. The molecule has 0 aliphatic carbocycles. The van der Waals surface area contributed by atoms with Gasteiger partial charge in [-0.15, -0.1) is 0 Å². The van der Waals surface area contributed by atoms with Gasteiger partial charge in [0.1, 0.15) is 11.6 Å². The largest absolute Gasteiger partial charge is 0.370 e. The van der Waals surface area contributed by atoms with E-state index in [0.717, 1.165) is 30.4 Å². The van der Waals surface area contributed by atoms with Gasteiger partial charge in [-0.05, 0) is 27.7 Å². The van der Waals surface area contributed by atoms with Gasteiger partial charge in [0.05, 0.1) is 12.6 Å². The summed E-state index contributed by atoms with van der Waals surface area (Å²) in [5, 5.41) is 11.9. The minimum Gasteiger partial charge on any atom is -0.370 e. The number of aryl methyl sites for hydroxylation is 1. The highest BCUT2D eigenvalue weighted by Gasteiger charge is 2.12. The summed E-state index contributed by atoms with van der Waals surface area (Å²) >= 11 is 0. The Hall–Kier alpha value is -1.67. The molecule has 0 atom stereocenters. The maximum atomic E-state index is 8.70. The highest BCUT2D eigenvalue weighted by atomic mass is 15.2. The van der Waals surface area contributed by atoms with Crippen LogP contribution in [-0.4, -0.2) is 34.0 Å². The van der Waals surface area contributed by atoms with Crippen LogP contribution in [0, 0.1) is 18.3 Å². The molecule has 104 valence electrons. The first kappa shape index (κ1) is 15.4. The molecule has 1 N–H and O–H groups in total. The summed E-state index contributed by atoms with van der Waals surface area (Å²) < 4.78 is 0. The predicted molar refractivity (Wildman–Crippen MR) is 76.7 cm³/mol. The number of hydrogen-bond acceptors (Lipinski definition) is 5. The van der Waals surface area contributed by atoms with Gasteiger partial charge >= 0.3 is 0 Å². The molecule has 0 amide bonds. The molecule has 0 saturated heterocycles. The molecule has 1 heterocycles. The Morgan fingerprint density at radius 1 is 1.42 bits per heavy atom. The number of aromatic nitrogens is 2. The molecule has 0 spiro atoms. The van der Waals surface area contributed by atoms with Gasteiger partial charge in [-0.2, -0.15) is 5.26 Å². The fourth-order valence-corrected chi connectivity index (χ4v) is 1.87. The third kappa shape index (κ3) is 5.23. The van der Waals surface area contributed by atoms with E-state index in [0.29, 0.717) is 19.0 Å². The van der Waals surface area contributed by atoms with E-state index in [1.165, 1.54) is 0 Å². The van der Waals surface area contributed by atoms with Crippen molar-refractivity contribution in [2.45, 2.75) is 46.7 Å². The molecule has 0 aromatic carbocycles. The Morgan fingerprint density at radius 2 is 2.16 bits per heavy atom. The first-order chi connectivity index (χ1) is 9.06. The van der Waals surface area contributed by atoms with Crippen LogP contribution in [0.4, 0.5) is 5.82 Å². The van der Waals surface area contributed by atoms with Crippen molar-refractivity contribution in [3.05, 3.63) is 17.6 Å². The fourth-order valence-electron chi connectivity index (χ4n) is 1.87. The molecule has 0 unspecified atom stereocenters. The Bertz CT molecular complexity index is 436. The van der Waals surface area contributed by atoms with Crippen molar-refractivity contribution in [3.8, 4) is 6.07 Å². The highest BCUT2D eigenvalue weighted by molar-refractivity contribution is 5.35. The van der Waals surface area contributed by atoms with Crippen LogP contribution in [0.3, 0.4) is 0 Å². The first-order valence-electron chi connectivity index (χ1n) is 6.76. The monoisotopic (exact) mass is 261 g/mol. The van der Waals surface area contributed by atoms with Crippen LogP contribution in [0.5, 0.6) is 0 Å². The molecule has 0 aliphatic rings. The zero-order valence-electron chi connectivity index (χ0n) is 12.3. The van der Waals surface area contributed by atoms with Gasteiger partial charge in [0, 0.05) is 37.3 Å². The molecule has 0 radical (unpaired) electrons.